The van der Waals surface area contributed by atoms with Crippen molar-refractivity contribution in [3.63, 3.8) is 0 Å². The molecule has 20 heavy (non-hydrogen) atoms. The number of aliphatic hydroxyl groups is 1. The molecule has 0 aromatic carbocycles. The second-order valence-corrected chi connectivity index (χ2v) is 4.36. The average Bonchev–Trinajstić information content (AvgIpc) is 2.77. The van der Waals surface area contributed by atoms with Crippen molar-refractivity contribution in [3.8, 4) is 0 Å². The van der Waals surface area contributed by atoms with E-state index in [4.69, 9.17) is 0 Å². The number of hydrazone groups is 1. The number of nitrogens with zero attached hydrogens (tertiary/aromatic N) is 3. The van der Waals surface area contributed by atoms with Gasteiger partial charge in [-0.1, -0.05) is 6.92 Å². The van der Waals surface area contributed by atoms with Crippen LogP contribution in [0.1, 0.15) is 30.1 Å². The highest BCUT2D eigenvalue weighted by atomic mass is 19.4. The Morgan fingerprint density at radius 3 is 2.55 bits per heavy atom. The lowest BCUT2D eigenvalue weighted by Crippen LogP contribution is -2.56. The van der Waals surface area contributed by atoms with Gasteiger partial charge in [0.15, 0.2) is 0 Å². The molecule has 5 nitrogen and oxygen atoms in total. The first-order chi connectivity index (χ1) is 9.29. The van der Waals surface area contributed by atoms with Crippen LogP contribution >= 0.6 is 0 Å². The largest absolute Gasteiger partial charge is 0.438 e. The van der Waals surface area contributed by atoms with Crippen LogP contribution in [0.4, 0.5) is 13.2 Å². The highest BCUT2D eigenvalue weighted by Crippen LogP contribution is 2.41. The highest BCUT2D eigenvalue weighted by molar-refractivity contribution is 5.98. The zero-order valence-corrected chi connectivity index (χ0v) is 10.6. The number of alkyl halides is 3. The topological polar surface area (TPSA) is 65.8 Å². The van der Waals surface area contributed by atoms with Crippen LogP contribution in [-0.4, -0.2) is 38.6 Å². The second-order valence-electron chi connectivity index (χ2n) is 4.36. The van der Waals surface area contributed by atoms with Gasteiger partial charge in [-0.3, -0.25) is 9.78 Å². The van der Waals surface area contributed by atoms with Crippen molar-refractivity contribution in [2.24, 2.45) is 5.10 Å². The Kier molecular flexibility index (Phi) is 3.51. The van der Waals surface area contributed by atoms with Gasteiger partial charge in [0, 0.05) is 30.1 Å². The van der Waals surface area contributed by atoms with Crippen molar-refractivity contribution in [1.29, 1.82) is 0 Å². The maximum absolute atomic E-state index is 13.1. The predicted molar refractivity (Wildman–Crippen MR) is 63.8 cm³/mol. The minimum Gasteiger partial charge on any atom is -0.362 e. The number of pyridine rings is 1. The Balaban J connectivity index is 2.41. The molecule has 1 aliphatic rings. The minimum atomic E-state index is -4.99. The summed E-state index contributed by atoms with van der Waals surface area (Å²) in [4.78, 5) is 15.8. The highest BCUT2D eigenvalue weighted by Gasteiger charge is 2.63. The average molecular weight is 287 g/mol. The molecule has 1 aromatic heterocycles. The molecule has 0 bridgehead atoms. The molecule has 0 fully saturated rings. The van der Waals surface area contributed by atoms with E-state index >= 15 is 0 Å². The number of amides is 1. The first-order valence-corrected chi connectivity index (χ1v) is 5.89. The van der Waals surface area contributed by atoms with Crippen LogP contribution in [-0.2, 0) is 0 Å². The molecular formula is C12H12F3N3O2. The monoisotopic (exact) mass is 287 g/mol. The van der Waals surface area contributed by atoms with E-state index < -0.39 is 24.2 Å². The van der Waals surface area contributed by atoms with Crippen LogP contribution in [0.15, 0.2) is 29.6 Å². The molecule has 1 amide bonds. The first kappa shape index (κ1) is 14.4. The van der Waals surface area contributed by atoms with E-state index in [-0.39, 0.29) is 22.7 Å². The van der Waals surface area contributed by atoms with Gasteiger partial charge in [0.05, 0.1) is 0 Å². The van der Waals surface area contributed by atoms with E-state index in [1.807, 2.05) is 0 Å². The molecule has 0 spiro atoms. The summed E-state index contributed by atoms with van der Waals surface area (Å²) < 4.78 is 39.2. The lowest BCUT2D eigenvalue weighted by Gasteiger charge is -2.32. The maximum Gasteiger partial charge on any atom is 0.438 e. The van der Waals surface area contributed by atoms with Gasteiger partial charge in [-0.25, -0.2) is 0 Å². The number of hydrogen-bond acceptors (Lipinski definition) is 4. The molecule has 1 aromatic rings. The van der Waals surface area contributed by atoms with E-state index in [9.17, 15) is 23.1 Å². The van der Waals surface area contributed by atoms with Crippen LogP contribution in [0, 0.1) is 0 Å². The van der Waals surface area contributed by atoms with Crippen LogP contribution in [0.25, 0.3) is 0 Å². The van der Waals surface area contributed by atoms with Crippen molar-refractivity contribution in [3.05, 3.63) is 30.1 Å². The minimum absolute atomic E-state index is 0.0243. The van der Waals surface area contributed by atoms with Crippen molar-refractivity contribution in [2.75, 3.05) is 0 Å². The fraction of sp³-hybridized carbons (Fsp3) is 0.417. The number of carbonyl (C=O) groups is 1. The molecule has 108 valence electrons. The van der Waals surface area contributed by atoms with E-state index in [1.54, 1.807) is 6.92 Å². The molecule has 2 rings (SSSR count). The molecule has 0 aliphatic carbocycles. The van der Waals surface area contributed by atoms with Crippen molar-refractivity contribution < 1.29 is 23.1 Å². The van der Waals surface area contributed by atoms with Gasteiger partial charge < -0.3 is 5.11 Å². The lowest BCUT2D eigenvalue weighted by atomic mass is 10.0. The van der Waals surface area contributed by atoms with Gasteiger partial charge in [-0.2, -0.15) is 23.3 Å². The van der Waals surface area contributed by atoms with Crippen LogP contribution < -0.4 is 0 Å². The van der Waals surface area contributed by atoms with Crippen molar-refractivity contribution in [1.82, 2.24) is 9.99 Å². The van der Waals surface area contributed by atoms with Crippen LogP contribution in [0.5, 0.6) is 0 Å². The third kappa shape index (κ3) is 2.26. The van der Waals surface area contributed by atoms with E-state index in [2.05, 4.69) is 10.1 Å². The summed E-state index contributed by atoms with van der Waals surface area (Å²) in [5.41, 5.74) is -3.20. The number of rotatable bonds is 2. The molecule has 1 atom stereocenters. The third-order valence-corrected chi connectivity index (χ3v) is 3.02. The molecule has 0 unspecified atom stereocenters. The van der Waals surface area contributed by atoms with Crippen molar-refractivity contribution in [2.45, 2.75) is 31.7 Å². The van der Waals surface area contributed by atoms with E-state index in [0.29, 0.717) is 0 Å². The number of carbonyl (C=O) groups excluding carboxylic acids is 1. The molecule has 0 saturated heterocycles. The summed E-state index contributed by atoms with van der Waals surface area (Å²) in [6.07, 6.45) is -2.95. The third-order valence-electron chi connectivity index (χ3n) is 3.02. The summed E-state index contributed by atoms with van der Waals surface area (Å²) in [6.45, 7) is 1.61. The molecule has 1 aliphatic heterocycles. The summed E-state index contributed by atoms with van der Waals surface area (Å²) in [5, 5.41) is 13.6. The van der Waals surface area contributed by atoms with Gasteiger partial charge >= 0.3 is 6.18 Å². The zero-order valence-electron chi connectivity index (χ0n) is 10.6. The Morgan fingerprint density at radius 1 is 1.45 bits per heavy atom. The lowest BCUT2D eigenvalue weighted by molar-refractivity contribution is -0.297. The van der Waals surface area contributed by atoms with Crippen LogP contribution in [0.2, 0.25) is 0 Å². The molecule has 0 saturated carbocycles. The van der Waals surface area contributed by atoms with Gasteiger partial charge in [0.25, 0.3) is 11.6 Å². The molecule has 2 heterocycles. The second kappa shape index (κ2) is 4.86. The van der Waals surface area contributed by atoms with Crippen LogP contribution in [0.3, 0.4) is 0 Å². The zero-order chi connectivity index (χ0) is 15.0. The molecule has 8 heteroatoms. The number of halogens is 3. The Labute approximate surface area is 112 Å². The quantitative estimate of drug-likeness (QED) is 0.904. The molecule has 0 radical (unpaired) electrons. The molecular weight excluding hydrogens is 275 g/mol. The standard InChI is InChI=1S/C12H12F3N3O2/c1-2-9-7-11(20,12(13,14)15)18(17-9)10(19)8-3-5-16-6-4-8/h3-6,20H,2,7H2,1H3/t11-/m0/s1. The normalized spacial score (nSPS) is 22.9. The Hall–Kier alpha value is -1.96. The summed E-state index contributed by atoms with van der Waals surface area (Å²) in [7, 11) is 0. The SMILES string of the molecule is CCC1=NN(C(=O)c2ccncc2)[C@@](O)(C(F)(F)F)C1. The van der Waals surface area contributed by atoms with E-state index in [1.165, 1.54) is 24.5 Å². The fourth-order valence-corrected chi connectivity index (χ4v) is 1.87. The Morgan fingerprint density at radius 2 is 2.05 bits per heavy atom. The van der Waals surface area contributed by atoms with Gasteiger partial charge in [-0.15, -0.1) is 0 Å². The fourth-order valence-electron chi connectivity index (χ4n) is 1.87. The summed E-state index contributed by atoms with van der Waals surface area (Å²) in [6, 6.07) is 2.52. The van der Waals surface area contributed by atoms with Crippen molar-refractivity contribution >= 4 is 11.6 Å². The molecule has 1 N–H and O–H groups in total. The Bertz CT molecular complexity index is 545. The van der Waals surface area contributed by atoms with Gasteiger partial charge in [0.1, 0.15) is 0 Å². The number of hydrogen-bond donors (Lipinski definition) is 1. The predicted octanol–water partition coefficient (Wildman–Crippen LogP) is 1.94. The van der Waals surface area contributed by atoms with E-state index in [0.717, 1.165) is 0 Å². The van der Waals surface area contributed by atoms with Gasteiger partial charge in [0.2, 0.25) is 0 Å². The smallest absolute Gasteiger partial charge is 0.362 e. The van der Waals surface area contributed by atoms with Gasteiger partial charge in [-0.05, 0) is 18.6 Å². The summed E-state index contributed by atoms with van der Waals surface area (Å²) in [5.74, 6) is -1.02. The first-order valence-electron chi connectivity index (χ1n) is 5.89. The summed E-state index contributed by atoms with van der Waals surface area (Å²) >= 11 is 0. The number of aromatic nitrogens is 1. The maximum atomic E-state index is 13.1.